The number of aryl methyl sites for hydroxylation is 2. The van der Waals surface area contributed by atoms with Gasteiger partial charge in [-0.05, 0) is 61.4 Å². The summed E-state index contributed by atoms with van der Waals surface area (Å²) in [6.45, 7) is 4.45. The fourth-order valence-corrected chi connectivity index (χ4v) is 3.61. The Morgan fingerprint density at radius 1 is 0.857 bits per heavy atom. The predicted octanol–water partition coefficient (Wildman–Crippen LogP) is 2.62. The van der Waals surface area contributed by atoms with Crippen molar-refractivity contribution in [1.82, 2.24) is 19.9 Å². The summed E-state index contributed by atoms with van der Waals surface area (Å²) in [5.41, 5.74) is 1.99. The molecule has 3 aromatic rings. The highest BCUT2D eigenvalue weighted by molar-refractivity contribution is 7.89. The van der Waals surface area contributed by atoms with E-state index in [9.17, 15) is 8.42 Å². The van der Waals surface area contributed by atoms with Crippen LogP contribution in [-0.2, 0) is 10.0 Å². The molecule has 3 N–H and O–H groups in total. The lowest BCUT2D eigenvalue weighted by Crippen LogP contribution is -2.29. The number of rotatable bonds is 8. The van der Waals surface area contributed by atoms with Crippen LogP contribution in [0.15, 0.2) is 59.6 Å². The molecule has 0 unspecified atom stereocenters. The van der Waals surface area contributed by atoms with Crippen LogP contribution in [0.25, 0.3) is 0 Å². The summed E-state index contributed by atoms with van der Waals surface area (Å²) in [6.07, 6.45) is 1.72. The molecule has 0 radical (unpaired) electrons. The van der Waals surface area contributed by atoms with E-state index in [0.29, 0.717) is 24.0 Å². The summed E-state index contributed by atoms with van der Waals surface area (Å²) in [5.74, 6) is 1.82. The molecule has 9 heteroatoms. The number of aromatic nitrogens is 3. The SMILES string of the molecule is Cc1cccc(S(=O)(=O)NCCNc2ccc(Nc3cc(C)ccn3)nn2)c1. The first kappa shape index (κ1) is 19.7. The molecular formula is C19H22N6O2S. The van der Waals surface area contributed by atoms with Crippen molar-refractivity contribution in [3.63, 3.8) is 0 Å². The molecule has 0 fully saturated rings. The van der Waals surface area contributed by atoms with E-state index in [4.69, 9.17) is 0 Å². The lowest BCUT2D eigenvalue weighted by Gasteiger charge is -2.09. The van der Waals surface area contributed by atoms with Crippen molar-refractivity contribution >= 4 is 27.5 Å². The zero-order valence-electron chi connectivity index (χ0n) is 15.7. The molecule has 0 amide bonds. The molecule has 0 aliphatic carbocycles. The molecule has 28 heavy (non-hydrogen) atoms. The van der Waals surface area contributed by atoms with E-state index in [2.05, 4.69) is 30.5 Å². The van der Waals surface area contributed by atoms with Gasteiger partial charge in [0.25, 0.3) is 0 Å². The van der Waals surface area contributed by atoms with Gasteiger partial charge in [-0.15, -0.1) is 10.2 Å². The monoisotopic (exact) mass is 398 g/mol. The van der Waals surface area contributed by atoms with Crippen molar-refractivity contribution in [1.29, 1.82) is 0 Å². The van der Waals surface area contributed by atoms with Crippen LogP contribution < -0.4 is 15.4 Å². The fraction of sp³-hybridized carbons (Fsp3) is 0.211. The Balaban J connectivity index is 1.49. The number of hydrogen-bond acceptors (Lipinski definition) is 7. The maximum atomic E-state index is 12.3. The van der Waals surface area contributed by atoms with E-state index < -0.39 is 10.0 Å². The topological polar surface area (TPSA) is 109 Å². The number of nitrogens with one attached hydrogen (secondary N) is 3. The van der Waals surface area contributed by atoms with Gasteiger partial charge in [0.2, 0.25) is 10.0 Å². The van der Waals surface area contributed by atoms with Gasteiger partial charge < -0.3 is 10.6 Å². The van der Waals surface area contributed by atoms with Crippen LogP contribution in [0.1, 0.15) is 11.1 Å². The third kappa shape index (κ3) is 5.48. The fourth-order valence-electron chi connectivity index (χ4n) is 2.47. The third-order valence-electron chi connectivity index (χ3n) is 3.86. The lowest BCUT2D eigenvalue weighted by molar-refractivity contribution is 0.582. The molecule has 0 saturated carbocycles. The smallest absolute Gasteiger partial charge is 0.240 e. The minimum absolute atomic E-state index is 0.227. The van der Waals surface area contributed by atoms with E-state index in [1.165, 1.54) is 0 Å². The number of sulfonamides is 1. The summed E-state index contributed by atoms with van der Waals surface area (Å²) in [7, 11) is -3.53. The number of hydrogen-bond donors (Lipinski definition) is 3. The minimum Gasteiger partial charge on any atom is -0.367 e. The van der Waals surface area contributed by atoms with E-state index in [1.54, 1.807) is 36.5 Å². The van der Waals surface area contributed by atoms with Gasteiger partial charge in [0.1, 0.15) is 11.6 Å². The maximum absolute atomic E-state index is 12.3. The maximum Gasteiger partial charge on any atom is 0.240 e. The summed E-state index contributed by atoms with van der Waals surface area (Å²) in [4.78, 5) is 4.47. The van der Waals surface area contributed by atoms with E-state index in [1.807, 2.05) is 32.0 Å². The standard InChI is InChI=1S/C19H22N6O2S/c1-14-4-3-5-16(12-14)28(26,27)22-11-10-21-17-6-7-18(25-24-17)23-19-13-15(2)8-9-20-19/h3-9,12-13,22H,10-11H2,1-2H3,(H,21,24)(H,20,23,25). The van der Waals surface area contributed by atoms with Crippen molar-refractivity contribution in [3.05, 3.63) is 65.9 Å². The van der Waals surface area contributed by atoms with Crippen LogP contribution in [-0.4, -0.2) is 36.7 Å². The van der Waals surface area contributed by atoms with Gasteiger partial charge in [0.05, 0.1) is 4.90 Å². The lowest BCUT2D eigenvalue weighted by atomic mass is 10.2. The molecule has 2 heterocycles. The number of nitrogens with zero attached hydrogens (tertiary/aromatic N) is 3. The average molecular weight is 398 g/mol. The van der Waals surface area contributed by atoms with Gasteiger partial charge >= 0.3 is 0 Å². The van der Waals surface area contributed by atoms with Gasteiger partial charge in [0, 0.05) is 19.3 Å². The second-order valence-electron chi connectivity index (χ2n) is 6.29. The van der Waals surface area contributed by atoms with Crippen molar-refractivity contribution in [3.8, 4) is 0 Å². The van der Waals surface area contributed by atoms with Crippen molar-refractivity contribution in [2.45, 2.75) is 18.7 Å². The zero-order chi connectivity index (χ0) is 20.0. The molecule has 0 spiro atoms. The molecule has 3 rings (SSSR count). The van der Waals surface area contributed by atoms with Crippen molar-refractivity contribution in [2.24, 2.45) is 0 Å². The van der Waals surface area contributed by atoms with E-state index in [-0.39, 0.29) is 11.4 Å². The van der Waals surface area contributed by atoms with Gasteiger partial charge in [-0.1, -0.05) is 12.1 Å². The largest absolute Gasteiger partial charge is 0.367 e. The normalized spacial score (nSPS) is 11.2. The second kappa shape index (κ2) is 8.77. The Hall–Kier alpha value is -3.04. The Kier molecular flexibility index (Phi) is 6.17. The molecule has 2 aromatic heterocycles. The first-order valence-electron chi connectivity index (χ1n) is 8.76. The summed E-state index contributed by atoms with van der Waals surface area (Å²) < 4.78 is 27.1. The van der Waals surface area contributed by atoms with Crippen LogP contribution in [0.3, 0.4) is 0 Å². The van der Waals surface area contributed by atoms with E-state index >= 15 is 0 Å². The minimum atomic E-state index is -3.53. The second-order valence-corrected chi connectivity index (χ2v) is 8.06. The first-order chi connectivity index (χ1) is 13.4. The van der Waals surface area contributed by atoms with Crippen LogP contribution in [0.4, 0.5) is 17.5 Å². The molecule has 8 nitrogen and oxygen atoms in total. The van der Waals surface area contributed by atoms with Gasteiger partial charge in [-0.2, -0.15) is 0 Å². The Morgan fingerprint density at radius 3 is 2.32 bits per heavy atom. The number of pyridine rings is 1. The number of benzene rings is 1. The highest BCUT2D eigenvalue weighted by atomic mass is 32.2. The zero-order valence-corrected chi connectivity index (χ0v) is 16.5. The first-order valence-corrected chi connectivity index (χ1v) is 10.2. The Bertz CT molecular complexity index is 1040. The summed E-state index contributed by atoms with van der Waals surface area (Å²) in [6, 6.07) is 14.1. The number of anilines is 3. The van der Waals surface area contributed by atoms with Crippen LogP contribution in [0, 0.1) is 13.8 Å². The molecule has 0 bridgehead atoms. The Morgan fingerprint density at radius 2 is 1.61 bits per heavy atom. The van der Waals surface area contributed by atoms with Crippen LogP contribution >= 0.6 is 0 Å². The van der Waals surface area contributed by atoms with Crippen LogP contribution in [0.2, 0.25) is 0 Å². The Labute approximate surface area is 164 Å². The van der Waals surface area contributed by atoms with E-state index in [0.717, 1.165) is 11.1 Å². The molecule has 0 atom stereocenters. The average Bonchev–Trinajstić information content (AvgIpc) is 2.67. The molecule has 0 aliphatic rings. The highest BCUT2D eigenvalue weighted by Crippen LogP contribution is 2.13. The van der Waals surface area contributed by atoms with Crippen molar-refractivity contribution < 1.29 is 8.42 Å². The molecule has 1 aromatic carbocycles. The molecular weight excluding hydrogens is 376 g/mol. The van der Waals surface area contributed by atoms with Crippen molar-refractivity contribution in [2.75, 3.05) is 23.7 Å². The quantitative estimate of drug-likeness (QED) is 0.501. The van der Waals surface area contributed by atoms with Crippen LogP contribution in [0.5, 0.6) is 0 Å². The summed E-state index contributed by atoms with van der Waals surface area (Å²) >= 11 is 0. The third-order valence-corrected chi connectivity index (χ3v) is 5.32. The predicted molar refractivity (Wildman–Crippen MR) is 109 cm³/mol. The molecule has 0 aliphatic heterocycles. The van der Waals surface area contributed by atoms with Gasteiger partial charge in [-0.25, -0.2) is 18.1 Å². The van der Waals surface area contributed by atoms with Gasteiger partial charge in [0.15, 0.2) is 5.82 Å². The molecule has 0 saturated heterocycles. The van der Waals surface area contributed by atoms with Gasteiger partial charge in [-0.3, -0.25) is 0 Å². The molecule has 146 valence electrons. The summed E-state index contributed by atoms with van der Waals surface area (Å²) in [5, 5.41) is 14.3. The highest BCUT2D eigenvalue weighted by Gasteiger charge is 2.12.